The molecular weight excluding hydrogens is 218 g/mol. The van der Waals surface area contributed by atoms with Gasteiger partial charge < -0.3 is 0 Å². The molecule has 0 heterocycles. The van der Waals surface area contributed by atoms with Crippen molar-refractivity contribution in [2.24, 2.45) is 0 Å². The van der Waals surface area contributed by atoms with Gasteiger partial charge in [-0.3, -0.25) is 0 Å². The summed E-state index contributed by atoms with van der Waals surface area (Å²) in [5, 5.41) is 0. The van der Waals surface area contributed by atoms with E-state index in [0.29, 0.717) is 5.66 Å². The first-order valence-electron chi connectivity index (χ1n) is 5.04. The van der Waals surface area contributed by atoms with E-state index < -0.39 is 0 Å². The lowest BCUT2D eigenvalue weighted by Crippen LogP contribution is -2.06. The molecule has 1 atom stereocenters. The Morgan fingerprint density at radius 1 is 0.846 bits per heavy atom. The highest BCUT2D eigenvalue weighted by Crippen LogP contribution is 2.60. The average molecular weight is 241 g/mol. The number of rotatable bonds is 5. The van der Waals surface area contributed by atoms with E-state index in [2.05, 4.69) is 41.5 Å². The molecule has 0 aromatic carbocycles. The maximum absolute atomic E-state index is 6.38. The summed E-state index contributed by atoms with van der Waals surface area (Å²) >= 11 is 6.38. The topological polar surface area (TPSA) is 0 Å². The second-order valence-electron chi connectivity index (χ2n) is 4.34. The van der Waals surface area contributed by atoms with E-state index in [1.807, 2.05) is 0 Å². The highest BCUT2D eigenvalue weighted by molar-refractivity contribution is 7.91. The molecule has 0 aliphatic heterocycles. The average Bonchev–Trinajstić information content (AvgIpc) is 1.97. The van der Waals surface area contributed by atoms with Crippen molar-refractivity contribution in [1.82, 2.24) is 0 Å². The highest BCUT2D eigenvalue weighted by atomic mass is 35.7. The Balaban J connectivity index is 4.10. The third-order valence-electron chi connectivity index (χ3n) is 2.19. The summed E-state index contributed by atoms with van der Waals surface area (Å²) in [5.74, 6) is 1.29. The minimum Gasteiger partial charge on any atom is -0.0959 e. The quantitative estimate of drug-likeness (QED) is 0.573. The first-order valence-corrected chi connectivity index (χ1v) is 9.21. The number of halogens is 1. The van der Waals surface area contributed by atoms with Crippen LogP contribution in [0.2, 0.25) is 0 Å². The summed E-state index contributed by atoms with van der Waals surface area (Å²) in [4.78, 5) is 0. The summed E-state index contributed by atoms with van der Waals surface area (Å²) in [5.41, 5.74) is 2.34. The summed E-state index contributed by atoms with van der Waals surface area (Å²) < 4.78 is 0. The molecule has 0 spiro atoms. The lowest BCUT2D eigenvalue weighted by atomic mass is 10.5. The second-order valence-corrected chi connectivity index (χ2v) is 11.7. The second kappa shape index (κ2) is 6.60. The molecule has 0 N–H and O–H groups in total. The summed E-state index contributed by atoms with van der Waals surface area (Å²) in [6.07, 6.45) is 0. The van der Waals surface area contributed by atoms with Crippen LogP contribution in [0.3, 0.4) is 0 Å². The van der Waals surface area contributed by atoms with Crippen molar-refractivity contribution in [2.45, 2.75) is 58.5 Å². The van der Waals surface area contributed by atoms with Crippen molar-refractivity contribution >= 4 is 26.4 Å². The zero-order chi connectivity index (χ0) is 10.6. The van der Waals surface area contributed by atoms with Gasteiger partial charge in [-0.05, 0) is 24.3 Å². The fourth-order valence-corrected chi connectivity index (χ4v) is 8.71. The Labute approximate surface area is 91.1 Å². The fourth-order valence-electron chi connectivity index (χ4n) is 1.24. The van der Waals surface area contributed by atoms with E-state index in [1.54, 1.807) is 0 Å². The third-order valence-corrected chi connectivity index (χ3v) is 10.5. The van der Waals surface area contributed by atoms with Crippen molar-refractivity contribution in [3.05, 3.63) is 0 Å². The molecule has 0 fully saturated rings. The Hall–Kier alpha value is 1.15. The zero-order valence-corrected chi connectivity index (χ0v) is 12.3. The SMILES string of the molecule is CC(C)P(Cl)CP(C(C)C)C(C)C. The zero-order valence-electron chi connectivity index (χ0n) is 9.71. The maximum atomic E-state index is 6.38. The van der Waals surface area contributed by atoms with Crippen molar-refractivity contribution in [2.75, 3.05) is 5.90 Å². The molecule has 0 amide bonds. The normalized spacial score (nSPS) is 15.0. The van der Waals surface area contributed by atoms with Crippen molar-refractivity contribution in [3.8, 4) is 0 Å². The van der Waals surface area contributed by atoms with Gasteiger partial charge in [0, 0.05) is 5.90 Å². The van der Waals surface area contributed by atoms with Crippen LogP contribution in [0.4, 0.5) is 0 Å². The minimum absolute atomic E-state index is 0.146. The molecule has 13 heavy (non-hydrogen) atoms. The Morgan fingerprint density at radius 3 is 1.46 bits per heavy atom. The Morgan fingerprint density at radius 2 is 1.23 bits per heavy atom. The predicted octanol–water partition coefficient (Wildman–Crippen LogP) is 5.29. The van der Waals surface area contributed by atoms with E-state index in [0.717, 1.165) is 11.3 Å². The molecule has 1 unspecified atom stereocenters. The number of hydrogen-bond donors (Lipinski definition) is 0. The monoisotopic (exact) mass is 240 g/mol. The molecule has 0 saturated heterocycles. The highest BCUT2D eigenvalue weighted by Gasteiger charge is 2.21. The molecular formula is C10H23ClP2. The molecule has 0 radical (unpaired) electrons. The predicted molar refractivity (Wildman–Crippen MR) is 70.0 cm³/mol. The van der Waals surface area contributed by atoms with Crippen LogP contribution in [-0.2, 0) is 0 Å². The third kappa shape index (κ3) is 5.56. The van der Waals surface area contributed by atoms with E-state index in [9.17, 15) is 0 Å². The number of hydrogen-bond acceptors (Lipinski definition) is 0. The molecule has 0 bridgehead atoms. The van der Waals surface area contributed by atoms with Gasteiger partial charge in [0.25, 0.3) is 0 Å². The van der Waals surface area contributed by atoms with Gasteiger partial charge in [-0.25, -0.2) is 0 Å². The van der Waals surface area contributed by atoms with E-state index in [-0.39, 0.29) is 15.2 Å². The van der Waals surface area contributed by atoms with Crippen molar-refractivity contribution in [3.63, 3.8) is 0 Å². The van der Waals surface area contributed by atoms with Crippen LogP contribution in [0.1, 0.15) is 41.5 Å². The molecule has 0 rings (SSSR count). The van der Waals surface area contributed by atoms with Crippen LogP contribution in [0.15, 0.2) is 0 Å². The van der Waals surface area contributed by atoms with Gasteiger partial charge in [0.15, 0.2) is 0 Å². The van der Waals surface area contributed by atoms with Crippen LogP contribution in [0.5, 0.6) is 0 Å². The molecule has 0 nitrogen and oxygen atoms in total. The van der Waals surface area contributed by atoms with Gasteiger partial charge in [-0.2, -0.15) is 0 Å². The standard InChI is InChI=1S/C10H23ClP2/c1-8(2)12(9(3)4)7-13(11)10(5)6/h8-10H,7H2,1-6H3. The fraction of sp³-hybridized carbons (Fsp3) is 1.00. The smallest absolute Gasteiger partial charge is 0.00254 e. The Kier molecular flexibility index (Phi) is 7.18. The van der Waals surface area contributed by atoms with Gasteiger partial charge in [0.2, 0.25) is 0 Å². The molecule has 0 aromatic heterocycles. The lowest BCUT2D eigenvalue weighted by Gasteiger charge is -2.29. The molecule has 0 aliphatic carbocycles. The summed E-state index contributed by atoms with van der Waals surface area (Å²) in [6.45, 7) is 13.8. The first kappa shape index (κ1) is 14.2. The molecule has 3 heteroatoms. The van der Waals surface area contributed by atoms with E-state index >= 15 is 0 Å². The lowest BCUT2D eigenvalue weighted by molar-refractivity contribution is 1.01. The van der Waals surface area contributed by atoms with Crippen LogP contribution >= 0.6 is 26.4 Å². The molecule has 0 aromatic rings. The maximum Gasteiger partial charge on any atom is 0.00254 e. The van der Waals surface area contributed by atoms with Crippen molar-refractivity contribution in [1.29, 1.82) is 0 Å². The largest absolute Gasteiger partial charge is 0.0959 e. The molecule has 0 saturated carbocycles. The van der Waals surface area contributed by atoms with Crippen LogP contribution in [0.25, 0.3) is 0 Å². The summed E-state index contributed by atoms with van der Waals surface area (Å²) in [7, 11) is -0.0965. The summed E-state index contributed by atoms with van der Waals surface area (Å²) in [6, 6.07) is 0. The first-order chi connectivity index (χ1) is 5.86. The molecule has 0 aliphatic rings. The molecule has 80 valence electrons. The van der Waals surface area contributed by atoms with Gasteiger partial charge in [0.05, 0.1) is 0 Å². The van der Waals surface area contributed by atoms with Gasteiger partial charge in [-0.1, -0.05) is 60.7 Å². The van der Waals surface area contributed by atoms with Crippen molar-refractivity contribution < 1.29 is 0 Å². The van der Waals surface area contributed by atoms with Gasteiger partial charge in [0.1, 0.15) is 0 Å². The minimum atomic E-state index is -0.243. The van der Waals surface area contributed by atoms with Crippen LogP contribution in [0, 0.1) is 0 Å². The van der Waals surface area contributed by atoms with Gasteiger partial charge >= 0.3 is 0 Å². The van der Waals surface area contributed by atoms with E-state index in [1.165, 1.54) is 5.90 Å². The van der Waals surface area contributed by atoms with E-state index in [4.69, 9.17) is 11.2 Å². The van der Waals surface area contributed by atoms with Crippen LogP contribution in [-0.4, -0.2) is 22.9 Å². The Bertz CT molecular complexity index is 127. The van der Waals surface area contributed by atoms with Gasteiger partial charge in [-0.15, -0.1) is 0 Å². The van der Waals surface area contributed by atoms with Crippen LogP contribution < -0.4 is 0 Å².